The summed E-state index contributed by atoms with van der Waals surface area (Å²) >= 11 is 0. The molecule has 0 aromatic heterocycles. The first-order chi connectivity index (χ1) is 9.81. The van der Waals surface area contributed by atoms with Gasteiger partial charge in [-0.1, -0.05) is 30.3 Å². The largest absolute Gasteiger partial charge is 0.348 e. The van der Waals surface area contributed by atoms with E-state index in [2.05, 4.69) is 35.2 Å². The van der Waals surface area contributed by atoms with Crippen LogP contribution in [0.1, 0.15) is 24.8 Å². The Morgan fingerprint density at radius 2 is 1.65 bits per heavy atom. The van der Waals surface area contributed by atoms with Gasteiger partial charge in [-0.05, 0) is 23.8 Å². The molecule has 1 aliphatic carbocycles. The SMILES string of the molecule is c1ccc(CN2C[C@H]3C[C@@H](C2)CC2(C3)OCCO2)cc1. The molecule has 20 heavy (non-hydrogen) atoms. The van der Waals surface area contributed by atoms with Crippen LogP contribution in [0.25, 0.3) is 0 Å². The van der Waals surface area contributed by atoms with E-state index in [1.807, 2.05) is 0 Å². The van der Waals surface area contributed by atoms with E-state index in [9.17, 15) is 0 Å². The minimum Gasteiger partial charge on any atom is -0.348 e. The Bertz CT molecular complexity index is 439. The van der Waals surface area contributed by atoms with E-state index < -0.39 is 0 Å². The molecule has 0 radical (unpaired) electrons. The highest BCUT2D eigenvalue weighted by Gasteiger charge is 2.47. The summed E-state index contributed by atoms with van der Waals surface area (Å²) in [5.74, 6) is 1.26. The van der Waals surface area contributed by atoms with Crippen LogP contribution in [-0.2, 0) is 16.0 Å². The van der Waals surface area contributed by atoms with Crippen molar-refractivity contribution in [1.82, 2.24) is 4.90 Å². The summed E-state index contributed by atoms with van der Waals surface area (Å²) in [6.45, 7) is 5.04. The van der Waals surface area contributed by atoms with Crippen LogP contribution in [0.2, 0.25) is 0 Å². The second-order valence-corrected chi connectivity index (χ2v) is 6.66. The monoisotopic (exact) mass is 273 g/mol. The Morgan fingerprint density at radius 3 is 2.30 bits per heavy atom. The second kappa shape index (κ2) is 5.14. The van der Waals surface area contributed by atoms with Gasteiger partial charge in [-0.15, -0.1) is 0 Å². The topological polar surface area (TPSA) is 21.7 Å². The normalized spacial score (nSPS) is 32.6. The fraction of sp³-hybridized carbons (Fsp3) is 0.647. The summed E-state index contributed by atoms with van der Waals surface area (Å²) in [7, 11) is 0. The van der Waals surface area contributed by atoms with Gasteiger partial charge >= 0.3 is 0 Å². The van der Waals surface area contributed by atoms with E-state index in [1.165, 1.54) is 25.1 Å². The molecule has 1 saturated carbocycles. The lowest BCUT2D eigenvalue weighted by atomic mass is 9.74. The fourth-order valence-electron chi connectivity index (χ4n) is 4.39. The molecule has 3 nitrogen and oxygen atoms in total. The lowest BCUT2D eigenvalue weighted by molar-refractivity contribution is -0.208. The van der Waals surface area contributed by atoms with Crippen molar-refractivity contribution in [3.63, 3.8) is 0 Å². The Balaban J connectivity index is 1.42. The van der Waals surface area contributed by atoms with Gasteiger partial charge in [0, 0.05) is 32.5 Å². The van der Waals surface area contributed by atoms with Gasteiger partial charge in [0.05, 0.1) is 13.2 Å². The molecule has 2 atom stereocenters. The zero-order valence-corrected chi connectivity index (χ0v) is 12.0. The summed E-state index contributed by atoms with van der Waals surface area (Å²) in [5.41, 5.74) is 1.43. The molecule has 2 saturated heterocycles. The van der Waals surface area contributed by atoms with Crippen molar-refractivity contribution in [2.75, 3.05) is 26.3 Å². The van der Waals surface area contributed by atoms with Crippen molar-refractivity contribution in [3.8, 4) is 0 Å². The Morgan fingerprint density at radius 1 is 1.00 bits per heavy atom. The average Bonchev–Trinajstić information content (AvgIpc) is 2.86. The van der Waals surface area contributed by atoms with Gasteiger partial charge in [-0.3, -0.25) is 4.90 Å². The number of benzene rings is 1. The van der Waals surface area contributed by atoms with Crippen molar-refractivity contribution < 1.29 is 9.47 Å². The number of nitrogens with zero attached hydrogens (tertiary/aromatic N) is 1. The van der Waals surface area contributed by atoms with Gasteiger partial charge in [-0.25, -0.2) is 0 Å². The highest BCUT2D eigenvalue weighted by atomic mass is 16.7. The molecule has 0 amide bonds. The summed E-state index contributed by atoms with van der Waals surface area (Å²) in [5, 5.41) is 0. The molecule has 4 rings (SSSR count). The quantitative estimate of drug-likeness (QED) is 0.827. The maximum absolute atomic E-state index is 5.93. The molecule has 1 spiro atoms. The summed E-state index contributed by atoms with van der Waals surface area (Å²) in [6.07, 6.45) is 3.54. The minimum atomic E-state index is -0.216. The molecular weight excluding hydrogens is 250 g/mol. The van der Waals surface area contributed by atoms with E-state index in [1.54, 1.807) is 0 Å². The first kappa shape index (κ1) is 12.8. The fourth-order valence-corrected chi connectivity index (χ4v) is 4.39. The van der Waals surface area contributed by atoms with Crippen LogP contribution in [0.3, 0.4) is 0 Å². The van der Waals surface area contributed by atoms with Gasteiger partial charge in [0.2, 0.25) is 0 Å². The third-order valence-corrected chi connectivity index (χ3v) is 4.96. The number of ether oxygens (including phenoxy) is 2. The number of piperidine rings is 1. The summed E-state index contributed by atoms with van der Waals surface area (Å²) in [4.78, 5) is 2.62. The van der Waals surface area contributed by atoms with Crippen LogP contribution in [0.4, 0.5) is 0 Å². The Labute approximate surface area is 120 Å². The molecule has 2 bridgehead atoms. The molecule has 1 aromatic carbocycles. The lowest BCUT2D eigenvalue weighted by Crippen LogP contribution is -2.50. The molecule has 3 fully saturated rings. The van der Waals surface area contributed by atoms with Gasteiger partial charge in [0.1, 0.15) is 0 Å². The minimum absolute atomic E-state index is 0.216. The zero-order valence-electron chi connectivity index (χ0n) is 12.0. The molecular formula is C17H23NO2. The van der Waals surface area contributed by atoms with Crippen molar-refractivity contribution in [2.24, 2.45) is 11.8 Å². The molecule has 1 aromatic rings. The van der Waals surface area contributed by atoms with Crippen LogP contribution < -0.4 is 0 Å². The van der Waals surface area contributed by atoms with E-state index in [-0.39, 0.29) is 5.79 Å². The van der Waals surface area contributed by atoms with Crippen molar-refractivity contribution in [2.45, 2.75) is 31.6 Å². The third kappa shape index (κ3) is 2.50. The predicted octanol–water partition coefficient (Wildman–Crippen LogP) is 2.66. The number of hydrogen-bond donors (Lipinski definition) is 0. The first-order valence-electron chi connectivity index (χ1n) is 7.86. The van der Waals surface area contributed by atoms with Crippen LogP contribution in [0.5, 0.6) is 0 Å². The number of hydrogen-bond acceptors (Lipinski definition) is 3. The van der Waals surface area contributed by atoms with Crippen molar-refractivity contribution in [1.29, 1.82) is 0 Å². The van der Waals surface area contributed by atoms with Gasteiger partial charge in [0.25, 0.3) is 0 Å². The Hall–Kier alpha value is -0.900. The van der Waals surface area contributed by atoms with Crippen molar-refractivity contribution >= 4 is 0 Å². The molecule has 2 heterocycles. The number of fused-ring (bicyclic) bond motifs is 2. The Kier molecular flexibility index (Phi) is 3.29. The highest BCUT2D eigenvalue weighted by Crippen LogP contribution is 2.44. The first-order valence-corrected chi connectivity index (χ1v) is 7.86. The maximum Gasteiger partial charge on any atom is 0.169 e. The van der Waals surface area contributed by atoms with E-state index in [0.717, 1.165) is 44.4 Å². The van der Waals surface area contributed by atoms with Crippen LogP contribution >= 0.6 is 0 Å². The molecule has 2 aliphatic heterocycles. The van der Waals surface area contributed by atoms with Crippen LogP contribution in [-0.4, -0.2) is 37.0 Å². The van der Waals surface area contributed by atoms with Gasteiger partial charge < -0.3 is 9.47 Å². The lowest BCUT2D eigenvalue weighted by Gasteiger charge is -2.47. The van der Waals surface area contributed by atoms with Crippen molar-refractivity contribution in [3.05, 3.63) is 35.9 Å². The smallest absolute Gasteiger partial charge is 0.169 e. The van der Waals surface area contributed by atoms with E-state index in [0.29, 0.717) is 0 Å². The van der Waals surface area contributed by atoms with Crippen LogP contribution in [0, 0.1) is 11.8 Å². The molecule has 108 valence electrons. The average molecular weight is 273 g/mol. The van der Waals surface area contributed by atoms with Crippen LogP contribution in [0.15, 0.2) is 30.3 Å². The van der Waals surface area contributed by atoms with E-state index in [4.69, 9.17) is 9.47 Å². The molecule has 0 unspecified atom stereocenters. The standard InChI is InChI=1S/C17H23NO2/c1-2-4-14(5-3-1)11-18-12-15-8-16(13-18)10-17(9-15)19-6-7-20-17/h1-5,15-16H,6-13H2/t15-,16+. The zero-order chi connectivity index (χ0) is 13.4. The molecule has 0 N–H and O–H groups in total. The molecule has 3 aliphatic rings. The predicted molar refractivity (Wildman–Crippen MR) is 77.2 cm³/mol. The highest BCUT2D eigenvalue weighted by molar-refractivity contribution is 5.14. The number of likely N-dealkylation sites (tertiary alicyclic amines) is 1. The maximum atomic E-state index is 5.93. The van der Waals surface area contributed by atoms with E-state index >= 15 is 0 Å². The second-order valence-electron chi connectivity index (χ2n) is 6.66. The van der Waals surface area contributed by atoms with Gasteiger partial charge in [0.15, 0.2) is 5.79 Å². The summed E-state index contributed by atoms with van der Waals surface area (Å²) < 4.78 is 11.9. The third-order valence-electron chi connectivity index (χ3n) is 4.96. The number of rotatable bonds is 2. The van der Waals surface area contributed by atoms with Gasteiger partial charge in [-0.2, -0.15) is 0 Å². The summed E-state index contributed by atoms with van der Waals surface area (Å²) in [6, 6.07) is 10.8. The molecule has 3 heteroatoms.